The van der Waals surface area contributed by atoms with Gasteiger partial charge in [-0.3, -0.25) is 0 Å². The van der Waals surface area contributed by atoms with E-state index in [0.29, 0.717) is 5.82 Å². The zero-order chi connectivity index (χ0) is 10.6. The Hall–Kier alpha value is -1.13. The van der Waals surface area contributed by atoms with Crippen LogP contribution in [0.3, 0.4) is 0 Å². The van der Waals surface area contributed by atoms with E-state index in [1.807, 2.05) is 26.0 Å². The molecule has 1 rings (SSSR count). The van der Waals surface area contributed by atoms with E-state index in [4.69, 9.17) is 10.8 Å². The van der Waals surface area contributed by atoms with Gasteiger partial charge in [0.2, 0.25) is 0 Å². The van der Waals surface area contributed by atoms with E-state index in [-0.39, 0.29) is 18.7 Å². The van der Waals surface area contributed by atoms with Gasteiger partial charge >= 0.3 is 0 Å². The average Bonchev–Trinajstić information content (AvgIpc) is 2.18. The summed E-state index contributed by atoms with van der Waals surface area (Å²) in [7, 11) is 0. The first kappa shape index (κ1) is 10.9. The molecule has 0 radical (unpaired) electrons. The lowest BCUT2D eigenvalue weighted by atomic mass is 10.1. The molecule has 0 aliphatic heterocycles. The Balaban J connectivity index is 2.69. The Morgan fingerprint density at radius 2 is 2.29 bits per heavy atom. The molecule has 0 saturated carbocycles. The Labute approximate surface area is 84.2 Å². The van der Waals surface area contributed by atoms with Crippen molar-refractivity contribution >= 4 is 5.82 Å². The summed E-state index contributed by atoms with van der Waals surface area (Å²) in [5, 5.41) is 12.1. The molecule has 4 heteroatoms. The minimum absolute atomic E-state index is 0.0598. The molecule has 78 valence electrons. The number of nitrogen functional groups attached to an aromatic ring is 1. The second kappa shape index (κ2) is 4.93. The van der Waals surface area contributed by atoms with E-state index < -0.39 is 0 Å². The summed E-state index contributed by atoms with van der Waals surface area (Å²) in [6.07, 6.45) is 1.67. The van der Waals surface area contributed by atoms with Crippen LogP contribution in [0.15, 0.2) is 18.3 Å². The molecule has 1 aromatic heterocycles. The Kier molecular flexibility index (Phi) is 3.85. The van der Waals surface area contributed by atoms with Crippen LogP contribution in [-0.2, 0) is 0 Å². The van der Waals surface area contributed by atoms with Crippen LogP contribution in [0, 0.1) is 0 Å². The number of hydrogen-bond donors (Lipinski definition) is 3. The van der Waals surface area contributed by atoms with E-state index in [1.54, 1.807) is 6.20 Å². The summed E-state index contributed by atoms with van der Waals surface area (Å²) in [4.78, 5) is 4.01. The number of anilines is 1. The summed E-state index contributed by atoms with van der Waals surface area (Å²) in [5.41, 5.74) is 6.69. The summed E-state index contributed by atoms with van der Waals surface area (Å²) < 4.78 is 0. The van der Waals surface area contributed by atoms with Gasteiger partial charge in [0.25, 0.3) is 0 Å². The predicted octanol–water partition coefficient (Wildman–Crippen LogP) is 0.695. The van der Waals surface area contributed by atoms with Crippen LogP contribution >= 0.6 is 0 Å². The molecular formula is C10H17N3O. The van der Waals surface area contributed by atoms with Crippen LogP contribution in [0.5, 0.6) is 0 Å². The van der Waals surface area contributed by atoms with Gasteiger partial charge in [0.15, 0.2) is 0 Å². The van der Waals surface area contributed by atoms with Gasteiger partial charge in [-0.25, -0.2) is 4.98 Å². The largest absolute Gasteiger partial charge is 0.395 e. The quantitative estimate of drug-likeness (QED) is 0.661. The fourth-order valence-corrected chi connectivity index (χ4v) is 1.37. The van der Waals surface area contributed by atoms with Crippen molar-refractivity contribution in [2.75, 3.05) is 12.3 Å². The first-order valence-electron chi connectivity index (χ1n) is 4.72. The third-order valence-electron chi connectivity index (χ3n) is 2.15. The highest BCUT2D eigenvalue weighted by molar-refractivity contribution is 5.40. The van der Waals surface area contributed by atoms with Crippen molar-refractivity contribution in [3.8, 4) is 0 Å². The van der Waals surface area contributed by atoms with Gasteiger partial charge in [-0.05, 0) is 19.9 Å². The number of pyridine rings is 1. The van der Waals surface area contributed by atoms with E-state index in [0.717, 1.165) is 5.56 Å². The Morgan fingerprint density at radius 1 is 1.57 bits per heavy atom. The van der Waals surface area contributed by atoms with E-state index in [2.05, 4.69) is 10.3 Å². The molecule has 0 fully saturated rings. The van der Waals surface area contributed by atoms with Crippen LogP contribution in [0.2, 0.25) is 0 Å². The third kappa shape index (κ3) is 2.68. The zero-order valence-electron chi connectivity index (χ0n) is 8.57. The standard InChI is InChI=1S/C10H17N3O/c1-7(6-14)13-8(2)9-4-3-5-12-10(9)11/h3-5,7-8,13-14H,6H2,1-2H3,(H2,11,12)/t7-,8+/m0/s1. The molecule has 4 nitrogen and oxygen atoms in total. The van der Waals surface area contributed by atoms with Crippen molar-refractivity contribution < 1.29 is 5.11 Å². The van der Waals surface area contributed by atoms with Crippen LogP contribution in [-0.4, -0.2) is 22.7 Å². The number of nitrogens with zero attached hydrogens (tertiary/aromatic N) is 1. The Morgan fingerprint density at radius 3 is 2.86 bits per heavy atom. The number of nitrogens with one attached hydrogen (secondary N) is 1. The topological polar surface area (TPSA) is 71.2 Å². The first-order valence-corrected chi connectivity index (χ1v) is 4.72. The van der Waals surface area contributed by atoms with Gasteiger partial charge in [-0.1, -0.05) is 6.07 Å². The minimum Gasteiger partial charge on any atom is -0.395 e. The minimum atomic E-state index is 0.0598. The van der Waals surface area contributed by atoms with E-state index in [1.165, 1.54) is 0 Å². The number of aromatic nitrogens is 1. The number of aliphatic hydroxyl groups is 1. The van der Waals surface area contributed by atoms with Gasteiger partial charge < -0.3 is 16.2 Å². The van der Waals surface area contributed by atoms with Crippen molar-refractivity contribution in [1.82, 2.24) is 10.3 Å². The summed E-state index contributed by atoms with van der Waals surface area (Å²) in [6, 6.07) is 3.95. The number of rotatable bonds is 4. The molecule has 0 aliphatic carbocycles. The maximum absolute atomic E-state index is 8.89. The van der Waals surface area contributed by atoms with Gasteiger partial charge in [-0.2, -0.15) is 0 Å². The lowest BCUT2D eigenvalue weighted by molar-refractivity contribution is 0.243. The van der Waals surface area contributed by atoms with Crippen molar-refractivity contribution in [2.45, 2.75) is 25.9 Å². The monoisotopic (exact) mass is 195 g/mol. The lowest BCUT2D eigenvalue weighted by Crippen LogP contribution is -2.32. The third-order valence-corrected chi connectivity index (χ3v) is 2.15. The fourth-order valence-electron chi connectivity index (χ4n) is 1.37. The molecule has 4 N–H and O–H groups in total. The molecular weight excluding hydrogens is 178 g/mol. The Bertz CT molecular complexity index is 290. The molecule has 0 saturated heterocycles. The molecule has 0 aromatic carbocycles. The molecule has 0 unspecified atom stereocenters. The molecule has 0 bridgehead atoms. The maximum atomic E-state index is 8.89. The van der Waals surface area contributed by atoms with E-state index in [9.17, 15) is 0 Å². The van der Waals surface area contributed by atoms with Crippen molar-refractivity contribution in [3.63, 3.8) is 0 Å². The van der Waals surface area contributed by atoms with Crippen LogP contribution in [0.25, 0.3) is 0 Å². The zero-order valence-corrected chi connectivity index (χ0v) is 8.57. The van der Waals surface area contributed by atoms with E-state index >= 15 is 0 Å². The number of nitrogens with two attached hydrogens (primary N) is 1. The molecule has 1 aromatic rings. The van der Waals surface area contributed by atoms with Gasteiger partial charge in [0, 0.05) is 23.8 Å². The van der Waals surface area contributed by atoms with Crippen LogP contribution in [0.1, 0.15) is 25.5 Å². The number of hydrogen-bond acceptors (Lipinski definition) is 4. The lowest BCUT2D eigenvalue weighted by Gasteiger charge is -2.19. The average molecular weight is 195 g/mol. The molecule has 0 amide bonds. The van der Waals surface area contributed by atoms with Gasteiger partial charge in [0.05, 0.1) is 6.61 Å². The second-order valence-corrected chi connectivity index (χ2v) is 3.45. The van der Waals surface area contributed by atoms with Crippen molar-refractivity contribution in [3.05, 3.63) is 23.9 Å². The fraction of sp³-hybridized carbons (Fsp3) is 0.500. The van der Waals surface area contributed by atoms with Crippen molar-refractivity contribution in [1.29, 1.82) is 0 Å². The molecule has 1 heterocycles. The highest BCUT2D eigenvalue weighted by Crippen LogP contribution is 2.17. The smallest absolute Gasteiger partial charge is 0.128 e. The molecule has 0 aliphatic rings. The van der Waals surface area contributed by atoms with Gasteiger partial charge in [-0.15, -0.1) is 0 Å². The van der Waals surface area contributed by atoms with Gasteiger partial charge in [0.1, 0.15) is 5.82 Å². The predicted molar refractivity (Wildman–Crippen MR) is 56.7 cm³/mol. The molecule has 14 heavy (non-hydrogen) atoms. The van der Waals surface area contributed by atoms with Crippen molar-refractivity contribution in [2.24, 2.45) is 0 Å². The first-order chi connectivity index (χ1) is 6.65. The summed E-state index contributed by atoms with van der Waals surface area (Å²) >= 11 is 0. The summed E-state index contributed by atoms with van der Waals surface area (Å²) in [6.45, 7) is 4.03. The normalized spacial score (nSPS) is 15.1. The number of aliphatic hydroxyl groups excluding tert-OH is 1. The second-order valence-electron chi connectivity index (χ2n) is 3.45. The highest BCUT2D eigenvalue weighted by Gasteiger charge is 2.11. The SMILES string of the molecule is C[C@@H](CO)N[C@H](C)c1cccnc1N. The maximum Gasteiger partial charge on any atom is 0.128 e. The van der Waals surface area contributed by atoms with Crippen LogP contribution in [0.4, 0.5) is 5.82 Å². The molecule has 2 atom stereocenters. The molecule has 0 spiro atoms. The summed E-state index contributed by atoms with van der Waals surface area (Å²) in [5.74, 6) is 0.539. The van der Waals surface area contributed by atoms with Crippen LogP contribution < -0.4 is 11.1 Å². The highest BCUT2D eigenvalue weighted by atomic mass is 16.3.